The van der Waals surface area contributed by atoms with E-state index in [0.29, 0.717) is 29.3 Å². The number of para-hydroxylation sites is 3. The highest BCUT2D eigenvalue weighted by atomic mass is 16.7. The van der Waals surface area contributed by atoms with Crippen LogP contribution in [0.25, 0.3) is 0 Å². The number of aromatic carboxylic acids is 1. The molecule has 2 heterocycles. The van der Waals surface area contributed by atoms with E-state index in [4.69, 9.17) is 9.57 Å². The highest BCUT2D eigenvalue weighted by Gasteiger charge is 2.61. The predicted molar refractivity (Wildman–Crippen MR) is 124 cm³/mol. The molecule has 0 aromatic heterocycles. The van der Waals surface area contributed by atoms with Crippen LogP contribution >= 0.6 is 0 Å². The molecule has 0 unspecified atom stereocenters. The van der Waals surface area contributed by atoms with Gasteiger partial charge in [0.05, 0.1) is 29.6 Å². The molecule has 2 aliphatic rings. The molecule has 2 saturated heterocycles. The van der Waals surface area contributed by atoms with Crippen LogP contribution in [0, 0.1) is 5.92 Å². The number of rotatable bonds is 6. The van der Waals surface area contributed by atoms with Gasteiger partial charge in [0.25, 0.3) is 5.91 Å². The first-order valence-electron chi connectivity index (χ1n) is 11.0. The molecule has 2 amide bonds. The molecule has 172 valence electrons. The van der Waals surface area contributed by atoms with Gasteiger partial charge in [0.15, 0.2) is 6.10 Å². The van der Waals surface area contributed by atoms with Crippen molar-refractivity contribution in [1.29, 1.82) is 0 Å². The lowest BCUT2D eigenvalue weighted by Gasteiger charge is -2.29. The standard InChI is InChI=1S/C26H22N2O6/c1-2-33-20-15-9-8-14-19(20)27-24(29)21-22(17-12-6-7-13-18(17)26(31)32)28(34-23(21)25(27)30)16-10-4-3-5-11-16/h3-15,21-23H,2H2,1H3,(H,31,32)/t21-,22-,23+/m0/s1. The van der Waals surface area contributed by atoms with Crippen LogP contribution in [0.3, 0.4) is 0 Å². The molecule has 3 atom stereocenters. The number of carbonyl (C=O) groups excluding carboxylic acids is 2. The molecule has 0 spiro atoms. The van der Waals surface area contributed by atoms with Crippen LogP contribution in [-0.2, 0) is 14.4 Å². The third-order valence-electron chi connectivity index (χ3n) is 6.04. The van der Waals surface area contributed by atoms with Crippen LogP contribution in [0.2, 0.25) is 0 Å². The van der Waals surface area contributed by atoms with Crippen LogP contribution in [0.15, 0.2) is 78.9 Å². The summed E-state index contributed by atoms with van der Waals surface area (Å²) < 4.78 is 5.65. The number of hydrogen-bond acceptors (Lipinski definition) is 6. The van der Waals surface area contributed by atoms with Gasteiger partial charge in [-0.3, -0.25) is 14.4 Å². The van der Waals surface area contributed by atoms with E-state index in [1.807, 2.05) is 13.0 Å². The largest absolute Gasteiger partial charge is 0.492 e. The summed E-state index contributed by atoms with van der Waals surface area (Å²) in [5.41, 5.74) is 1.40. The van der Waals surface area contributed by atoms with Gasteiger partial charge in [-0.25, -0.2) is 14.8 Å². The zero-order valence-electron chi connectivity index (χ0n) is 18.3. The first kappa shape index (κ1) is 21.7. The van der Waals surface area contributed by atoms with Crippen molar-refractivity contribution in [2.75, 3.05) is 16.6 Å². The second kappa shape index (κ2) is 8.64. The average Bonchev–Trinajstić information content (AvgIpc) is 3.36. The smallest absolute Gasteiger partial charge is 0.336 e. The first-order valence-corrected chi connectivity index (χ1v) is 11.0. The summed E-state index contributed by atoms with van der Waals surface area (Å²) in [7, 11) is 0. The molecular weight excluding hydrogens is 436 g/mol. The average molecular weight is 458 g/mol. The topological polar surface area (TPSA) is 96.4 Å². The third-order valence-corrected chi connectivity index (χ3v) is 6.04. The summed E-state index contributed by atoms with van der Waals surface area (Å²) in [6, 6.07) is 21.5. The molecule has 2 fully saturated rings. The van der Waals surface area contributed by atoms with E-state index in [1.165, 1.54) is 11.1 Å². The van der Waals surface area contributed by atoms with Crippen molar-refractivity contribution >= 4 is 29.2 Å². The fraction of sp³-hybridized carbons (Fsp3) is 0.192. The lowest BCUT2D eigenvalue weighted by atomic mass is 9.88. The number of carbonyl (C=O) groups is 3. The molecular formula is C26H22N2O6. The van der Waals surface area contributed by atoms with Crippen LogP contribution in [-0.4, -0.2) is 35.6 Å². The molecule has 0 radical (unpaired) electrons. The Morgan fingerprint density at radius 3 is 2.35 bits per heavy atom. The number of imide groups is 1. The number of anilines is 2. The van der Waals surface area contributed by atoms with Crippen LogP contribution in [0.5, 0.6) is 5.75 Å². The Balaban J connectivity index is 1.63. The van der Waals surface area contributed by atoms with Gasteiger partial charge in [0, 0.05) is 0 Å². The molecule has 2 aliphatic heterocycles. The number of ether oxygens (including phenoxy) is 1. The second-order valence-corrected chi connectivity index (χ2v) is 7.96. The first-order chi connectivity index (χ1) is 16.5. The fourth-order valence-electron chi connectivity index (χ4n) is 4.64. The molecule has 0 bridgehead atoms. The van der Waals surface area contributed by atoms with Gasteiger partial charge in [0.1, 0.15) is 11.7 Å². The van der Waals surface area contributed by atoms with Gasteiger partial charge in [-0.1, -0.05) is 48.5 Å². The Labute approximate surface area is 195 Å². The summed E-state index contributed by atoms with van der Waals surface area (Å²) in [6.07, 6.45) is -1.10. The Bertz CT molecular complexity index is 1260. The van der Waals surface area contributed by atoms with E-state index in [1.54, 1.807) is 66.7 Å². The van der Waals surface area contributed by atoms with E-state index in [-0.39, 0.29) is 5.56 Å². The molecule has 3 aromatic carbocycles. The minimum atomic E-state index is -1.12. The number of hydroxylamine groups is 1. The number of nitrogens with zero attached hydrogens (tertiary/aromatic N) is 2. The Hall–Kier alpha value is -4.17. The Kier molecular flexibility index (Phi) is 5.51. The number of carboxylic acid groups (broad SMARTS) is 1. The van der Waals surface area contributed by atoms with Gasteiger partial charge in [-0.05, 0) is 42.8 Å². The van der Waals surface area contributed by atoms with E-state index in [0.717, 1.165) is 4.90 Å². The van der Waals surface area contributed by atoms with Gasteiger partial charge in [0.2, 0.25) is 5.91 Å². The monoisotopic (exact) mass is 458 g/mol. The normalized spacial score (nSPS) is 21.6. The van der Waals surface area contributed by atoms with Crippen molar-refractivity contribution in [1.82, 2.24) is 0 Å². The summed E-state index contributed by atoms with van der Waals surface area (Å²) >= 11 is 0. The number of benzene rings is 3. The maximum atomic E-state index is 13.8. The number of hydrogen-bond donors (Lipinski definition) is 1. The maximum Gasteiger partial charge on any atom is 0.336 e. The van der Waals surface area contributed by atoms with Gasteiger partial charge < -0.3 is 9.84 Å². The minimum absolute atomic E-state index is 0.0473. The predicted octanol–water partition coefficient (Wildman–Crippen LogP) is 3.83. The van der Waals surface area contributed by atoms with Gasteiger partial charge in [-0.15, -0.1) is 0 Å². The van der Waals surface area contributed by atoms with Crippen LogP contribution in [0.4, 0.5) is 11.4 Å². The molecule has 5 rings (SSSR count). The molecule has 8 heteroatoms. The van der Waals surface area contributed by atoms with E-state index in [2.05, 4.69) is 0 Å². The second-order valence-electron chi connectivity index (χ2n) is 7.96. The minimum Gasteiger partial charge on any atom is -0.492 e. The molecule has 8 nitrogen and oxygen atoms in total. The van der Waals surface area contributed by atoms with Crippen molar-refractivity contribution < 1.29 is 29.1 Å². The van der Waals surface area contributed by atoms with Crippen molar-refractivity contribution in [2.45, 2.75) is 19.1 Å². The molecule has 3 aromatic rings. The Morgan fingerprint density at radius 1 is 0.941 bits per heavy atom. The summed E-state index contributed by atoms with van der Waals surface area (Å²) in [6.45, 7) is 2.19. The van der Waals surface area contributed by atoms with Crippen molar-refractivity contribution in [3.8, 4) is 5.75 Å². The lowest BCUT2D eigenvalue weighted by molar-refractivity contribution is -0.126. The molecule has 0 saturated carbocycles. The van der Waals surface area contributed by atoms with Crippen molar-refractivity contribution in [3.63, 3.8) is 0 Å². The van der Waals surface area contributed by atoms with Crippen LogP contribution in [0.1, 0.15) is 28.9 Å². The van der Waals surface area contributed by atoms with E-state index >= 15 is 0 Å². The Morgan fingerprint density at radius 2 is 1.62 bits per heavy atom. The van der Waals surface area contributed by atoms with E-state index in [9.17, 15) is 19.5 Å². The highest BCUT2D eigenvalue weighted by molar-refractivity contribution is 6.24. The summed E-state index contributed by atoms with van der Waals surface area (Å²) in [5, 5.41) is 11.3. The molecule has 34 heavy (non-hydrogen) atoms. The number of carboxylic acids is 1. The van der Waals surface area contributed by atoms with Gasteiger partial charge in [-0.2, -0.15) is 0 Å². The SMILES string of the molecule is CCOc1ccccc1N1C(=O)[C@@H]2[C@@H](ON(c3ccccc3)[C@H]2c2ccccc2C(=O)O)C1=O. The van der Waals surface area contributed by atoms with Gasteiger partial charge >= 0.3 is 5.97 Å². The third kappa shape index (κ3) is 3.39. The summed E-state index contributed by atoms with van der Waals surface area (Å²) in [5.74, 6) is -2.64. The molecule has 0 aliphatic carbocycles. The maximum absolute atomic E-state index is 13.8. The van der Waals surface area contributed by atoms with E-state index < -0.39 is 35.8 Å². The zero-order chi connectivity index (χ0) is 23.8. The lowest BCUT2D eigenvalue weighted by Crippen LogP contribution is -2.38. The number of amides is 2. The summed E-state index contributed by atoms with van der Waals surface area (Å²) in [4.78, 5) is 46.5. The highest BCUT2D eigenvalue weighted by Crippen LogP contribution is 2.49. The molecule has 1 N–H and O–H groups in total. The van der Waals surface area contributed by atoms with Crippen molar-refractivity contribution in [3.05, 3.63) is 90.0 Å². The van der Waals surface area contributed by atoms with Crippen LogP contribution < -0.4 is 14.7 Å². The number of fused-ring (bicyclic) bond motifs is 1. The quantitative estimate of drug-likeness (QED) is 0.561. The fourth-order valence-corrected chi connectivity index (χ4v) is 4.64. The van der Waals surface area contributed by atoms with Crippen molar-refractivity contribution in [2.24, 2.45) is 5.92 Å². The zero-order valence-corrected chi connectivity index (χ0v) is 18.3.